The maximum Gasteiger partial charge on any atom is 0.227 e. The highest BCUT2D eigenvalue weighted by Crippen LogP contribution is 2.28. The fraction of sp³-hybridized carbons (Fsp3) is 0.286. The molecule has 0 aromatic heterocycles. The quantitative estimate of drug-likeness (QED) is 0.701. The summed E-state index contributed by atoms with van der Waals surface area (Å²) in [4.78, 5) is 26.3. The normalized spacial score (nSPS) is 15.7. The number of nitrogens with one attached hydrogen (secondary N) is 2. The van der Waals surface area contributed by atoms with E-state index in [4.69, 9.17) is 10.00 Å². The summed E-state index contributed by atoms with van der Waals surface area (Å²) in [5, 5.41) is 14.7. The number of hydrogen-bond donors (Lipinski definition) is 2. The number of carbonyl (C=O) groups excluding carboxylic acids is 2. The molecule has 2 aromatic rings. The molecular weight excluding hydrogens is 375 g/mol. The van der Waals surface area contributed by atoms with E-state index in [-0.39, 0.29) is 30.3 Å². The minimum atomic E-state index is -0.594. The number of carbonyl (C=O) groups is 2. The van der Waals surface area contributed by atoms with Crippen LogP contribution >= 0.6 is 0 Å². The number of rotatable bonds is 7. The molecule has 1 unspecified atom stereocenters. The van der Waals surface area contributed by atoms with E-state index in [1.807, 2.05) is 6.07 Å². The zero-order valence-corrected chi connectivity index (χ0v) is 15.9. The van der Waals surface area contributed by atoms with Crippen molar-refractivity contribution >= 4 is 23.2 Å². The van der Waals surface area contributed by atoms with Crippen molar-refractivity contribution < 1.29 is 18.7 Å². The van der Waals surface area contributed by atoms with Gasteiger partial charge in [0.05, 0.1) is 18.7 Å². The van der Waals surface area contributed by atoms with Gasteiger partial charge >= 0.3 is 0 Å². The molecule has 1 fully saturated rings. The van der Waals surface area contributed by atoms with Crippen molar-refractivity contribution in [3.8, 4) is 11.8 Å². The first-order valence-electron chi connectivity index (χ1n) is 9.18. The van der Waals surface area contributed by atoms with Gasteiger partial charge in [-0.2, -0.15) is 5.26 Å². The Labute approximate surface area is 168 Å². The number of anilines is 2. The van der Waals surface area contributed by atoms with Crippen LogP contribution in [0.3, 0.4) is 0 Å². The molecule has 0 radical (unpaired) electrons. The monoisotopic (exact) mass is 396 g/mol. The van der Waals surface area contributed by atoms with Crippen molar-refractivity contribution in [3.63, 3.8) is 0 Å². The molecule has 150 valence electrons. The van der Waals surface area contributed by atoms with Crippen molar-refractivity contribution in [3.05, 3.63) is 53.8 Å². The molecule has 1 aliphatic rings. The van der Waals surface area contributed by atoms with E-state index >= 15 is 0 Å². The molecule has 0 bridgehead atoms. The Morgan fingerprint density at radius 1 is 1.31 bits per heavy atom. The van der Waals surface area contributed by atoms with Crippen LogP contribution in [0.1, 0.15) is 12.0 Å². The number of ether oxygens (including phenoxy) is 1. The molecule has 1 heterocycles. The van der Waals surface area contributed by atoms with E-state index in [9.17, 15) is 14.0 Å². The van der Waals surface area contributed by atoms with Crippen LogP contribution in [0.25, 0.3) is 0 Å². The standard InChI is InChI=1S/C21H21FN4O3/c1-29-16-5-2-4-15(11-16)26-13-14(10-20(26)27)21(28)25-9-8-24-19-7-3-6-18(22)17(19)12-23/h2-7,11,14,24H,8-10,13H2,1H3,(H,25,28). The topological polar surface area (TPSA) is 94.5 Å². The third-order valence-electron chi connectivity index (χ3n) is 4.73. The Hall–Kier alpha value is -3.60. The fourth-order valence-electron chi connectivity index (χ4n) is 3.22. The van der Waals surface area contributed by atoms with Crippen LogP contribution in [0.2, 0.25) is 0 Å². The van der Waals surface area contributed by atoms with Crippen molar-refractivity contribution in [1.29, 1.82) is 5.26 Å². The molecule has 2 aromatic carbocycles. The van der Waals surface area contributed by atoms with Crippen LogP contribution in [0.4, 0.5) is 15.8 Å². The maximum atomic E-state index is 13.6. The van der Waals surface area contributed by atoms with Crippen LogP contribution in [-0.4, -0.2) is 38.6 Å². The van der Waals surface area contributed by atoms with Crippen LogP contribution in [-0.2, 0) is 9.59 Å². The molecule has 0 aliphatic carbocycles. The summed E-state index contributed by atoms with van der Waals surface area (Å²) in [5.41, 5.74) is 1.01. The number of nitrogens with zero attached hydrogens (tertiary/aromatic N) is 2. The summed E-state index contributed by atoms with van der Waals surface area (Å²) in [6, 6.07) is 13.3. The predicted octanol–water partition coefficient (Wildman–Crippen LogP) is 2.29. The number of hydrogen-bond acceptors (Lipinski definition) is 5. The second kappa shape index (κ2) is 9.06. The molecule has 3 rings (SSSR count). The van der Waals surface area contributed by atoms with Crippen LogP contribution in [0.5, 0.6) is 5.75 Å². The molecule has 1 atom stereocenters. The number of amides is 2. The summed E-state index contributed by atoms with van der Waals surface area (Å²) in [7, 11) is 1.55. The smallest absolute Gasteiger partial charge is 0.227 e. The minimum Gasteiger partial charge on any atom is -0.497 e. The van der Waals surface area contributed by atoms with Crippen molar-refractivity contribution in [2.75, 3.05) is 37.0 Å². The van der Waals surface area contributed by atoms with Gasteiger partial charge in [0.2, 0.25) is 11.8 Å². The Bertz CT molecular complexity index is 957. The highest BCUT2D eigenvalue weighted by atomic mass is 19.1. The first kappa shape index (κ1) is 20.1. The predicted molar refractivity (Wildman–Crippen MR) is 106 cm³/mol. The Kier molecular flexibility index (Phi) is 6.29. The second-order valence-electron chi connectivity index (χ2n) is 6.60. The molecule has 2 amide bonds. The highest BCUT2D eigenvalue weighted by molar-refractivity contribution is 6.00. The largest absolute Gasteiger partial charge is 0.497 e. The van der Waals surface area contributed by atoms with Gasteiger partial charge in [0.15, 0.2) is 0 Å². The summed E-state index contributed by atoms with van der Waals surface area (Å²) in [6.45, 7) is 0.905. The van der Waals surface area contributed by atoms with Gasteiger partial charge in [0, 0.05) is 37.8 Å². The van der Waals surface area contributed by atoms with Gasteiger partial charge < -0.3 is 20.3 Å². The minimum absolute atomic E-state index is 0.0610. The van der Waals surface area contributed by atoms with E-state index in [0.29, 0.717) is 30.2 Å². The zero-order valence-electron chi connectivity index (χ0n) is 15.9. The molecule has 0 spiro atoms. The number of benzene rings is 2. The lowest BCUT2D eigenvalue weighted by molar-refractivity contribution is -0.126. The third-order valence-corrected chi connectivity index (χ3v) is 4.73. The SMILES string of the molecule is COc1cccc(N2CC(C(=O)NCCNc3cccc(F)c3C#N)CC2=O)c1. The van der Waals surface area contributed by atoms with Crippen LogP contribution in [0.15, 0.2) is 42.5 Å². The Morgan fingerprint density at radius 2 is 2.10 bits per heavy atom. The van der Waals surface area contributed by atoms with Crippen molar-refractivity contribution in [2.24, 2.45) is 5.92 Å². The summed E-state index contributed by atoms with van der Waals surface area (Å²) in [5.74, 6) is -0.732. The van der Waals surface area contributed by atoms with Gasteiger partial charge in [0.1, 0.15) is 23.2 Å². The van der Waals surface area contributed by atoms with Crippen LogP contribution < -0.4 is 20.3 Å². The lowest BCUT2D eigenvalue weighted by atomic mass is 10.1. The summed E-state index contributed by atoms with van der Waals surface area (Å²) >= 11 is 0. The zero-order chi connectivity index (χ0) is 20.8. The molecule has 29 heavy (non-hydrogen) atoms. The van der Waals surface area contributed by atoms with Gasteiger partial charge in [-0.1, -0.05) is 12.1 Å². The van der Waals surface area contributed by atoms with E-state index < -0.39 is 11.7 Å². The maximum absolute atomic E-state index is 13.6. The highest BCUT2D eigenvalue weighted by Gasteiger charge is 2.35. The van der Waals surface area contributed by atoms with E-state index in [2.05, 4.69) is 10.6 Å². The van der Waals surface area contributed by atoms with E-state index in [1.165, 1.54) is 12.1 Å². The average Bonchev–Trinajstić information content (AvgIpc) is 3.13. The molecule has 0 saturated carbocycles. The average molecular weight is 396 g/mol. The molecule has 8 heteroatoms. The second-order valence-corrected chi connectivity index (χ2v) is 6.60. The molecule has 2 N–H and O–H groups in total. The van der Waals surface area contributed by atoms with Gasteiger partial charge in [0.25, 0.3) is 0 Å². The lowest BCUT2D eigenvalue weighted by Crippen LogP contribution is -2.35. The molecule has 1 saturated heterocycles. The fourth-order valence-corrected chi connectivity index (χ4v) is 3.22. The number of halogens is 1. The van der Waals surface area contributed by atoms with Gasteiger partial charge in [-0.15, -0.1) is 0 Å². The van der Waals surface area contributed by atoms with Crippen molar-refractivity contribution in [2.45, 2.75) is 6.42 Å². The Morgan fingerprint density at radius 3 is 2.86 bits per heavy atom. The summed E-state index contributed by atoms with van der Waals surface area (Å²) < 4.78 is 18.8. The number of nitriles is 1. The number of methoxy groups -OCH3 is 1. The first-order valence-corrected chi connectivity index (χ1v) is 9.18. The first-order chi connectivity index (χ1) is 14.0. The molecule has 1 aliphatic heterocycles. The van der Waals surface area contributed by atoms with Gasteiger partial charge in [-0.3, -0.25) is 9.59 Å². The lowest BCUT2D eigenvalue weighted by Gasteiger charge is -2.17. The molecular formula is C21H21FN4O3. The van der Waals surface area contributed by atoms with E-state index in [1.54, 1.807) is 42.3 Å². The summed E-state index contributed by atoms with van der Waals surface area (Å²) in [6.07, 6.45) is 0.138. The third kappa shape index (κ3) is 4.63. The van der Waals surface area contributed by atoms with Gasteiger partial charge in [-0.25, -0.2) is 4.39 Å². The van der Waals surface area contributed by atoms with Gasteiger partial charge in [-0.05, 0) is 24.3 Å². The molecule has 7 nitrogen and oxygen atoms in total. The van der Waals surface area contributed by atoms with Crippen molar-refractivity contribution in [1.82, 2.24) is 5.32 Å². The Balaban J connectivity index is 1.51. The van der Waals surface area contributed by atoms with Crippen LogP contribution in [0, 0.1) is 23.1 Å². The van der Waals surface area contributed by atoms with E-state index in [0.717, 1.165) is 0 Å².